The van der Waals surface area contributed by atoms with E-state index >= 15 is 0 Å². The SMILES string of the molecule is CNC(=O)C[C@H]1C(=O)NCCN1C(=O)c1ccccc1-c1ccccc1. The summed E-state index contributed by atoms with van der Waals surface area (Å²) in [5, 5.41) is 5.24. The van der Waals surface area contributed by atoms with E-state index in [1.54, 1.807) is 12.1 Å². The third-order valence-electron chi connectivity index (χ3n) is 4.49. The molecule has 0 aliphatic carbocycles. The van der Waals surface area contributed by atoms with Gasteiger partial charge in [0.15, 0.2) is 0 Å². The molecule has 0 radical (unpaired) electrons. The third kappa shape index (κ3) is 3.59. The zero-order chi connectivity index (χ0) is 18.5. The second-order valence-corrected chi connectivity index (χ2v) is 6.09. The monoisotopic (exact) mass is 351 g/mol. The molecule has 6 nitrogen and oxygen atoms in total. The first-order valence-electron chi connectivity index (χ1n) is 8.55. The van der Waals surface area contributed by atoms with Crippen molar-refractivity contribution in [1.82, 2.24) is 15.5 Å². The van der Waals surface area contributed by atoms with Crippen LogP contribution in [0.15, 0.2) is 54.6 Å². The molecule has 3 amide bonds. The van der Waals surface area contributed by atoms with Crippen LogP contribution < -0.4 is 10.6 Å². The van der Waals surface area contributed by atoms with Crippen LogP contribution in [0.4, 0.5) is 0 Å². The quantitative estimate of drug-likeness (QED) is 0.875. The Kier molecular flexibility index (Phi) is 5.31. The molecular formula is C20H21N3O3. The van der Waals surface area contributed by atoms with Crippen molar-refractivity contribution in [1.29, 1.82) is 0 Å². The fourth-order valence-electron chi connectivity index (χ4n) is 3.13. The molecule has 134 valence electrons. The van der Waals surface area contributed by atoms with Crippen molar-refractivity contribution in [3.63, 3.8) is 0 Å². The molecule has 1 aliphatic heterocycles. The fraction of sp³-hybridized carbons (Fsp3) is 0.250. The van der Waals surface area contributed by atoms with Crippen molar-refractivity contribution >= 4 is 17.7 Å². The standard InChI is InChI=1S/C20H21N3O3/c1-21-18(24)13-17-19(25)22-11-12-23(17)20(26)16-10-6-5-9-15(16)14-7-3-2-4-8-14/h2-10,17H,11-13H2,1H3,(H,21,24)(H,22,25)/t17-/m0/s1. The van der Waals surface area contributed by atoms with Crippen LogP contribution >= 0.6 is 0 Å². The van der Waals surface area contributed by atoms with Crippen LogP contribution in [0.25, 0.3) is 11.1 Å². The van der Waals surface area contributed by atoms with Gasteiger partial charge in [-0.2, -0.15) is 0 Å². The van der Waals surface area contributed by atoms with E-state index in [0.29, 0.717) is 18.7 Å². The summed E-state index contributed by atoms with van der Waals surface area (Å²) in [5.74, 6) is -0.820. The number of hydrogen-bond acceptors (Lipinski definition) is 3. The number of nitrogens with zero attached hydrogens (tertiary/aromatic N) is 1. The van der Waals surface area contributed by atoms with Crippen LogP contribution in [0, 0.1) is 0 Å². The topological polar surface area (TPSA) is 78.5 Å². The highest BCUT2D eigenvalue weighted by Gasteiger charge is 2.35. The minimum absolute atomic E-state index is 0.0540. The molecule has 1 atom stereocenters. The van der Waals surface area contributed by atoms with Crippen molar-refractivity contribution in [2.45, 2.75) is 12.5 Å². The number of benzene rings is 2. The Morgan fingerprint density at radius 3 is 2.54 bits per heavy atom. The lowest BCUT2D eigenvalue weighted by atomic mass is 9.97. The maximum Gasteiger partial charge on any atom is 0.255 e. The summed E-state index contributed by atoms with van der Waals surface area (Å²) in [6, 6.07) is 16.2. The molecular weight excluding hydrogens is 330 g/mol. The average molecular weight is 351 g/mol. The molecule has 0 unspecified atom stereocenters. The highest BCUT2D eigenvalue weighted by molar-refractivity contribution is 6.04. The van der Waals surface area contributed by atoms with Crippen LogP contribution in [0.2, 0.25) is 0 Å². The first-order chi connectivity index (χ1) is 12.6. The fourth-order valence-corrected chi connectivity index (χ4v) is 3.13. The van der Waals surface area contributed by atoms with E-state index in [2.05, 4.69) is 10.6 Å². The number of amides is 3. The maximum atomic E-state index is 13.2. The van der Waals surface area contributed by atoms with Gasteiger partial charge in [0.05, 0.1) is 6.42 Å². The molecule has 2 N–H and O–H groups in total. The smallest absolute Gasteiger partial charge is 0.255 e. The Balaban J connectivity index is 1.95. The lowest BCUT2D eigenvalue weighted by Crippen LogP contribution is -2.58. The molecule has 0 saturated carbocycles. The molecule has 26 heavy (non-hydrogen) atoms. The van der Waals surface area contributed by atoms with Gasteiger partial charge >= 0.3 is 0 Å². The van der Waals surface area contributed by atoms with Gasteiger partial charge in [-0.1, -0.05) is 48.5 Å². The van der Waals surface area contributed by atoms with Gasteiger partial charge < -0.3 is 15.5 Å². The van der Waals surface area contributed by atoms with Crippen molar-refractivity contribution in [3.05, 3.63) is 60.2 Å². The lowest BCUT2D eigenvalue weighted by Gasteiger charge is -2.35. The number of rotatable bonds is 4. The summed E-state index contributed by atoms with van der Waals surface area (Å²) >= 11 is 0. The van der Waals surface area contributed by atoms with E-state index in [-0.39, 0.29) is 24.1 Å². The average Bonchev–Trinajstić information content (AvgIpc) is 2.69. The Labute approximate surface area is 152 Å². The van der Waals surface area contributed by atoms with Crippen LogP contribution in [0.1, 0.15) is 16.8 Å². The first-order valence-corrected chi connectivity index (χ1v) is 8.55. The van der Waals surface area contributed by atoms with Gasteiger partial charge in [0.25, 0.3) is 5.91 Å². The molecule has 1 saturated heterocycles. The van der Waals surface area contributed by atoms with E-state index in [1.165, 1.54) is 11.9 Å². The van der Waals surface area contributed by atoms with Crippen LogP contribution in [0.3, 0.4) is 0 Å². The number of carbonyl (C=O) groups excluding carboxylic acids is 3. The van der Waals surface area contributed by atoms with Gasteiger partial charge in [-0.3, -0.25) is 14.4 Å². The second-order valence-electron chi connectivity index (χ2n) is 6.09. The predicted octanol–water partition coefficient (Wildman–Crippen LogP) is 1.43. The molecule has 0 aromatic heterocycles. The summed E-state index contributed by atoms with van der Waals surface area (Å²) < 4.78 is 0. The Morgan fingerprint density at radius 2 is 1.81 bits per heavy atom. The van der Waals surface area contributed by atoms with Gasteiger partial charge in [-0.25, -0.2) is 0 Å². The van der Waals surface area contributed by atoms with Gasteiger partial charge in [0, 0.05) is 25.7 Å². The van der Waals surface area contributed by atoms with E-state index in [0.717, 1.165) is 11.1 Å². The molecule has 1 fully saturated rings. The highest BCUT2D eigenvalue weighted by Crippen LogP contribution is 2.26. The molecule has 2 aromatic rings. The number of piperazine rings is 1. The summed E-state index contributed by atoms with van der Waals surface area (Å²) in [7, 11) is 1.51. The lowest BCUT2D eigenvalue weighted by molar-refractivity contribution is -0.132. The number of nitrogens with one attached hydrogen (secondary N) is 2. The van der Waals surface area contributed by atoms with E-state index in [9.17, 15) is 14.4 Å². The van der Waals surface area contributed by atoms with Gasteiger partial charge in [0.1, 0.15) is 6.04 Å². The Morgan fingerprint density at radius 1 is 1.12 bits per heavy atom. The number of hydrogen-bond donors (Lipinski definition) is 2. The minimum atomic E-state index is -0.806. The second kappa shape index (κ2) is 7.82. The Bertz CT molecular complexity index is 820. The summed E-state index contributed by atoms with van der Waals surface area (Å²) in [6.45, 7) is 0.748. The van der Waals surface area contributed by atoms with E-state index < -0.39 is 6.04 Å². The van der Waals surface area contributed by atoms with Crippen molar-refractivity contribution < 1.29 is 14.4 Å². The normalized spacial score (nSPS) is 16.7. The molecule has 3 rings (SSSR count). The third-order valence-corrected chi connectivity index (χ3v) is 4.49. The van der Waals surface area contributed by atoms with Gasteiger partial charge in [-0.15, -0.1) is 0 Å². The molecule has 1 aliphatic rings. The zero-order valence-electron chi connectivity index (χ0n) is 14.6. The van der Waals surface area contributed by atoms with Crippen LogP contribution in [-0.4, -0.2) is 48.8 Å². The van der Waals surface area contributed by atoms with Crippen LogP contribution in [0.5, 0.6) is 0 Å². The highest BCUT2D eigenvalue weighted by atomic mass is 16.2. The largest absolute Gasteiger partial charge is 0.359 e. The first kappa shape index (κ1) is 17.7. The molecule has 0 bridgehead atoms. The van der Waals surface area contributed by atoms with E-state index in [4.69, 9.17) is 0 Å². The zero-order valence-corrected chi connectivity index (χ0v) is 14.6. The summed E-state index contributed by atoms with van der Waals surface area (Å²) in [5.41, 5.74) is 2.26. The minimum Gasteiger partial charge on any atom is -0.359 e. The van der Waals surface area contributed by atoms with Crippen molar-refractivity contribution in [2.24, 2.45) is 0 Å². The predicted molar refractivity (Wildman–Crippen MR) is 98.4 cm³/mol. The van der Waals surface area contributed by atoms with Crippen molar-refractivity contribution in [2.75, 3.05) is 20.1 Å². The summed E-state index contributed by atoms with van der Waals surface area (Å²) in [4.78, 5) is 38.8. The molecule has 2 aromatic carbocycles. The molecule has 0 spiro atoms. The van der Waals surface area contributed by atoms with Gasteiger partial charge in [0.2, 0.25) is 11.8 Å². The van der Waals surface area contributed by atoms with E-state index in [1.807, 2.05) is 42.5 Å². The Hall–Kier alpha value is -3.15. The van der Waals surface area contributed by atoms with Crippen molar-refractivity contribution in [3.8, 4) is 11.1 Å². The van der Waals surface area contributed by atoms with Crippen LogP contribution in [-0.2, 0) is 9.59 Å². The summed E-state index contributed by atoms with van der Waals surface area (Å²) in [6.07, 6.45) is -0.0540. The van der Waals surface area contributed by atoms with Gasteiger partial charge in [-0.05, 0) is 17.2 Å². The molecule has 1 heterocycles. The maximum absolute atomic E-state index is 13.2. The number of carbonyl (C=O) groups is 3. The molecule has 6 heteroatoms.